The lowest BCUT2D eigenvalue weighted by Gasteiger charge is -2.31. The zero-order valence-corrected chi connectivity index (χ0v) is 13.5. The van der Waals surface area contributed by atoms with Gasteiger partial charge in [0.05, 0.1) is 5.69 Å². The van der Waals surface area contributed by atoms with Crippen LogP contribution in [0.25, 0.3) is 5.82 Å². The lowest BCUT2D eigenvalue weighted by atomic mass is 9.96. The van der Waals surface area contributed by atoms with Gasteiger partial charge in [-0.3, -0.25) is 4.79 Å². The first kappa shape index (κ1) is 16.0. The average molecular weight is 328 g/mol. The Kier molecular flexibility index (Phi) is 4.74. The molecule has 8 heteroatoms. The lowest BCUT2D eigenvalue weighted by Crippen LogP contribution is -2.44. The van der Waals surface area contributed by atoms with Gasteiger partial charge in [0.25, 0.3) is 0 Å². The Balaban J connectivity index is 1.65. The van der Waals surface area contributed by atoms with Crippen LogP contribution in [-0.2, 0) is 4.79 Å². The third kappa shape index (κ3) is 3.37. The standard InChI is InChI=1S/C16H20N6O2/c1-17-15(23)12-5-10-21(11-6-12)16(24)20-13-4-2-7-18-14(13)22-9-3-8-19-22/h2-4,7-9,12H,5-6,10-11H2,1H3,(H,17,23)(H,20,24). The molecule has 0 bridgehead atoms. The number of aromatic nitrogens is 3. The third-order valence-corrected chi connectivity index (χ3v) is 4.15. The second kappa shape index (κ2) is 7.12. The number of pyridine rings is 1. The van der Waals surface area contributed by atoms with Crippen LogP contribution in [-0.4, -0.2) is 51.7 Å². The molecule has 24 heavy (non-hydrogen) atoms. The highest BCUT2D eigenvalue weighted by molar-refractivity contribution is 5.91. The third-order valence-electron chi connectivity index (χ3n) is 4.15. The Hall–Kier alpha value is -2.90. The van der Waals surface area contributed by atoms with Crippen molar-refractivity contribution < 1.29 is 9.59 Å². The van der Waals surface area contributed by atoms with Crippen molar-refractivity contribution in [2.45, 2.75) is 12.8 Å². The van der Waals surface area contributed by atoms with Crippen molar-refractivity contribution in [3.05, 3.63) is 36.8 Å². The van der Waals surface area contributed by atoms with E-state index in [0.29, 0.717) is 37.4 Å². The Bertz CT molecular complexity index is 707. The Morgan fingerprint density at radius 1 is 1.21 bits per heavy atom. The monoisotopic (exact) mass is 328 g/mol. The Morgan fingerprint density at radius 2 is 2.00 bits per heavy atom. The highest BCUT2D eigenvalue weighted by Gasteiger charge is 2.27. The van der Waals surface area contributed by atoms with Crippen LogP contribution in [0.4, 0.5) is 10.5 Å². The zero-order chi connectivity index (χ0) is 16.9. The Morgan fingerprint density at radius 3 is 2.67 bits per heavy atom. The number of carbonyl (C=O) groups excluding carboxylic acids is 2. The number of hydrogen-bond donors (Lipinski definition) is 2. The molecule has 0 saturated carbocycles. The summed E-state index contributed by atoms with van der Waals surface area (Å²) in [5.41, 5.74) is 0.597. The van der Waals surface area contributed by atoms with Gasteiger partial charge in [-0.25, -0.2) is 14.5 Å². The quantitative estimate of drug-likeness (QED) is 0.887. The first-order valence-corrected chi connectivity index (χ1v) is 7.91. The van der Waals surface area contributed by atoms with Crippen LogP contribution >= 0.6 is 0 Å². The fourth-order valence-corrected chi connectivity index (χ4v) is 2.81. The second-order valence-corrected chi connectivity index (χ2v) is 5.63. The molecule has 1 saturated heterocycles. The van der Waals surface area contributed by atoms with E-state index in [0.717, 1.165) is 0 Å². The summed E-state index contributed by atoms with van der Waals surface area (Å²) in [6.45, 7) is 1.11. The summed E-state index contributed by atoms with van der Waals surface area (Å²) in [5, 5.41) is 9.71. The van der Waals surface area contributed by atoms with Crippen LogP contribution in [0.15, 0.2) is 36.8 Å². The van der Waals surface area contributed by atoms with Crippen LogP contribution in [0.1, 0.15) is 12.8 Å². The number of rotatable bonds is 3. The summed E-state index contributed by atoms with van der Waals surface area (Å²) >= 11 is 0. The maximum Gasteiger partial charge on any atom is 0.321 e. The van der Waals surface area contributed by atoms with Gasteiger partial charge in [-0.2, -0.15) is 5.10 Å². The van der Waals surface area contributed by atoms with Crippen LogP contribution in [0.2, 0.25) is 0 Å². The minimum atomic E-state index is -0.188. The van der Waals surface area contributed by atoms with E-state index in [9.17, 15) is 9.59 Å². The fourth-order valence-electron chi connectivity index (χ4n) is 2.81. The van der Waals surface area contributed by atoms with Gasteiger partial charge in [-0.15, -0.1) is 0 Å². The maximum atomic E-state index is 12.5. The smallest absolute Gasteiger partial charge is 0.321 e. The number of nitrogens with zero attached hydrogens (tertiary/aromatic N) is 4. The van der Waals surface area contributed by atoms with Gasteiger partial charge in [0.15, 0.2) is 5.82 Å². The van der Waals surface area contributed by atoms with Crippen LogP contribution in [0.5, 0.6) is 0 Å². The van der Waals surface area contributed by atoms with Gasteiger partial charge < -0.3 is 15.5 Å². The predicted molar refractivity (Wildman–Crippen MR) is 88.7 cm³/mol. The van der Waals surface area contributed by atoms with E-state index in [-0.39, 0.29) is 17.9 Å². The molecule has 0 aromatic carbocycles. The number of urea groups is 1. The molecule has 0 aliphatic carbocycles. The molecule has 2 aromatic rings. The first-order chi connectivity index (χ1) is 11.7. The van der Waals surface area contributed by atoms with Crippen LogP contribution in [0.3, 0.4) is 0 Å². The summed E-state index contributed by atoms with van der Waals surface area (Å²) < 4.78 is 1.60. The van der Waals surface area contributed by atoms with E-state index in [1.165, 1.54) is 0 Å². The molecule has 0 radical (unpaired) electrons. The molecule has 126 valence electrons. The number of likely N-dealkylation sites (tertiary alicyclic amines) is 1. The van der Waals surface area contributed by atoms with Gasteiger partial charge in [0.2, 0.25) is 5.91 Å². The summed E-state index contributed by atoms with van der Waals surface area (Å²) in [4.78, 5) is 30.2. The normalized spacial score (nSPS) is 15.1. The molecule has 8 nitrogen and oxygen atoms in total. The molecule has 1 aliphatic rings. The molecular formula is C16H20N6O2. The van der Waals surface area contributed by atoms with Crippen molar-refractivity contribution in [3.8, 4) is 5.82 Å². The topological polar surface area (TPSA) is 92.2 Å². The number of hydrogen-bond acceptors (Lipinski definition) is 4. The van der Waals surface area contributed by atoms with Gasteiger partial charge in [0.1, 0.15) is 0 Å². The van der Waals surface area contributed by atoms with Crippen LogP contribution < -0.4 is 10.6 Å². The SMILES string of the molecule is CNC(=O)C1CCN(C(=O)Nc2cccnc2-n2cccn2)CC1. The largest absolute Gasteiger partial charge is 0.359 e. The average Bonchev–Trinajstić information content (AvgIpc) is 3.16. The summed E-state index contributed by atoms with van der Waals surface area (Å²) in [7, 11) is 1.64. The highest BCUT2D eigenvalue weighted by atomic mass is 16.2. The molecule has 1 aliphatic heterocycles. The molecule has 3 amide bonds. The molecule has 3 heterocycles. The fraction of sp³-hybridized carbons (Fsp3) is 0.375. The summed E-state index contributed by atoms with van der Waals surface area (Å²) in [5.74, 6) is 0.594. The van der Waals surface area contributed by atoms with E-state index in [1.807, 2.05) is 0 Å². The van der Waals surface area contributed by atoms with Crippen molar-refractivity contribution in [2.24, 2.45) is 5.92 Å². The molecule has 0 atom stereocenters. The predicted octanol–water partition coefficient (Wildman–Crippen LogP) is 1.26. The van der Waals surface area contributed by atoms with Crippen molar-refractivity contribution in [1.29, 1.82) is 0 Å². The number of anilines is 1. The second-order valence-electron chi connectivity index (χ2n) is 5.63. The summed E-state index contributed by atoms with van der Waals surface area (Å²) in [6, 6.07) is 5.16. The van der Waals surface area contributed by atoms with E-state index >= 15 is 0 Å². The first-order valence-electron chi connectivity index (χ1n) is 7.91. The highest BCUT2D eigenvalue weighted by Crippen LogP contribution is 2.20. The van der Waals surface area contributed by atoms with Gasteiger partial charge in [-0.1, -0.05) is 0 Å². The molecule has 0 spiro atoms. The van der Waals surface area contributed by atoms with Crippen molar-refractivity contribution in [3.63, 3.8) is 0 Å². The number of amides is 3. The number of carbonyl (C=O) groups is 2. The molecule has 0 unspecified atom stereocenters. The number of nitrogens with one attached hydrogen (secondary N) is 2. The van der Waals surface area contributed by atoms with Crippen molar-refractivity contribution in [2.75, 3.05) is 25.5 Å². The maximum absolute atomic E-state index is 12.5. The lowest BCUT2D eigenvalue weighted by molar-refractivity contribution is -0.125. The van der Waals surface area contributed by atoms with E-state index in [2.05, 4.69) is 20.7 Å². The molecule has 1 fully saturated rings. The van der Waals surface area contributed by atoms with E-state index in [4.69, 9.17) is 0 Å². The minimum absolute atomic E-state index is 0.0166. The van der Waals surface area contributed by atoms with Crippen molar-refractivity contribution >= 4 is 17.6 Å². The number of piperidine rings is 1. The Labute approximate surface area is 139 Å². The molecule has 2 N–H and O–H groups in total. The van der Waals surface area contributed by atoms with E-state index < -0.39 is 0 Å². The van der Waals surface area contributed by atoms with Gasteiger partial charge in [0, 0.05) is 44.6 Å². The minimum Gasteiger partial charge on any atom is -0.359 e. The zero-order valence-electron chi connectivity index (χ0n) is 13.5. The van der Waals surface area contributed by atoms with Crippen molar-refractivity contribution in [1.82, 2.24) is 25.0 Å². The molecular weight excluding hydrogens is 308 g/mol. The molecule has 3 rings (SSSR count). The van der Waals surface area contributed by atoms with Crippen LogP contribution in [0, 0.1) is 5.92 Å². The van der Waals surface area contributed by atoms with Gasteiger partial charge >= 0.3 is 6.03 Å². The van der Waals surface area contributed by atoms with E-state index in [1.54, 1.807) is 53.4 Å². The van der Waals surface area contributed by atoms with Gasteiger partial charge in [-0.05, 0) is 31.0 Å². The molecule has 2 aromatic heterocycles. The summed E-state index contributed by atoms with van der Waals surface area (Å²) in [6.07, 6.45) is 6.43.